The van der Waals surface area contributed by atoms with E-state index in [0.29, 0.717) is 17.2 Å². The zero-order valence-electron chi connectivity index (χ0n) is 17.0. The number of carbonyl (C=O) groups is 1. The van der Waals surface area contributed by atoms with Crippen LogP contribution in [0.5, 0.6) is 0 Å². The van der Waals surface area contributed by atoms with Crippen molar-refractivity contribution in [2.24, 2.45) is 11.8 Å². The van der Waals surface area contributed by atoms with Crippen molar-refractivity contribution in [2.75, 3.05) is 26.2 Å². The van der Waals surface area contributed by atoms with Crippen LogP contribution in [0.25, 0.3) is 0 Å². The Morgan fingerprint density at radius 3 is 2.42 bits per heavy atom. The van der Waals surface area contributed by atoms with Gasteiger partial charge in [-0.05, 0) is 56.0 Å². The number of carbonyl (C=O) groups excluding carboxylic acids is 1. The smallest absolute Gasteiger partial charge is 0.336 e. The maximum absolute atomic E-state index is 13.6. The quantitative estimate of drug-likeness (QED) is 0.694. The van der Waals surface area contributed by atoms with Crippen LogP contribution in [0.1, 0.15) is 35.4 Å². The fourth-order valence-corrected chi connectivity index (χ4v) is 5.27. The van der Waals surface area contributed by atoms with Crippen molar-refractivity contribution in [2.45, 2.75) is 38.5 Å². The van der Waals surface area contributed by atoms with Gasteiger partial charge in [0.15, 0.2) is 5.69 Å². The topological polar surface area (TPSA) is 41.4 Å². The lowest BCUT2D eigenvalue weighted by Gasteiger charge is -2.45. The van der Waals surface area contributed by atoms with Crippen LogP contribution in [0.4, 0.5) is 17.6 Å². The van der Waals surface area contributed by atoms with E-state index >= 15 is 0 Å². The third-order valence-corrected chi connectivity index (χ3v) is 6.94. The molecule has 0 saturated carbocycles. The van der Waals surface area contributed by atoms with Crippen LogP contribution in [0.3, 0.4) is 0 Å². The summed E-state index contributed by atoms with van der Waals surface area (Å²) in [6.07, 6.45) is -2.40. The summed E-state index contributed by atoms with van der Waals surface area (Å²) in [6, 6.07) is 5.63. The summed E-state index contributed by atoms with van der Waals surface area (Å²) in [7, 11) is 0. The van der Waals surface area contributed by atoms with Gasteiger partial charge < -0.3 is 9.80 Å². The average molecular weight is 436 g/mol. The number of amides is 1. The number of benzene rings is 1. The van der Waals surface area contributed by atoms with Crippen LogP contribution >= 0.6 is 0 Å². The van der Waals surface area contributed by atoms with E-state index in [4.69, 9.17) is 0 Å². The Morgan fingerprint density at radius 2 is 1.81 bits per heavy atom. The molecular weight excluding hydrogens is 412 g/mol. The van der Waals surface area contributed by atoms with Gasteiger partial charge in [0.2, 0.25) is 5.91 Å². The van der Waals surface area contributed by atoms with Crippen molar-refractivity contribution < 1.29 is 22.4 Å². The third-order valence-electron chi connectivity index (χ3n) is 6.94. The lowest BCUT2D eigenvalue weighted by atomic mass is 9.78. The molecule has 1 unspecified atom stereocenters. The molecule has 0 aliphatic carbocycles. The Bertz CT molecular complexity index is 977. The molecule has 1 amide bonds. The molecule has 166 valence electrons. The predicted octanol–water partition coefficient (Wildman–Crippen LogP) is 3.32. The van der Waals surface area contributed by atoms with Crippen molar-refractivity contribution in [1.82, 2.24) is 19.6 Å². The molecule has 0 spiro atoms. The van der Waals surface area contributed by atoms with Crippen LogP contribution in [0.2, 0.25) is 0 Å². The first-order chi connectivity index (χ1) is 14.8. The second kappa shape index (κ2) is 7.62. The third kappa shape index (κ3) is 3.84. The van der Waals surface area contributed by atoms with Crippen molar-refractivity contribution in [3.05, 3.63) is 52.6 Å². The molecule has 0 radical (unpaired) electrons. The number of nitrogens with zero attached hydrogens (tertiary/aromatic N) is 4. The van der Waals surface area contributed by atoms with Crippen molar-refractivity contribution in [1.29, 1.82) is 0 Å². The number of hydrogen-bond donors (Lipinski definition) is 0. The van der Waals surface area contributed by atoms with Gasteiger partial charge in [-0.2, -0.15) is 18.3 Å². The van der Waals surface area contributed by atoms with E-state index in [0.717, 1.165) is 32.5 Å². The Balaban J connectivity index is 1.42. The van der Waals surface area contributed by atoms with E-state index in [1.165, 1.54) is 28.9 Å². The monoisotopic (exact) mass is 436 g/mol. The first-order valence-corrected chi connectivity index (χ1v) is 10.7. The van der Waals surface area contributed by atoms with Gasteiger partial charge in [-0.1, -0.05) is 12.1 Å². The molecule has 31 heavy (non-hydrogen) atoms. The second-order valence-corrected chi connectivity index (χ2v) is 8.81. The summed E-state index contributed by atoms with van der Waals surface area (Å²) in [5.41, 5.74) is 0.380. The van der Waals surface area contributed by atoms with Crippen molar-refractivity contribution in [3.63, 3.8) is 0 Å². The van der Waals surface area contributed by atoms with E-state index < -0.39 is 17.7 Å². The van der Waals surface area contributed by atoms with E-state index in [9.17, 15) is 22.4 Å². The van der Waals surface area contributed by atoms with Gasteiger partial charge in [0.1, 0.15) is 5.82 Å². The summed E-state index contributed by atoms with van der Waals surface area (Å²) in [6.45, 7) is 3.30. The van der Waals surface area contributed by atoms with E-state index in [1.54, 1.807) is 4.90 Å². The molecule has 4 aliphatic heterocycles. The summed E-state index contributed by atoms with van der Waals surface area (Å²) in [4.78, 5) is 17.3. The van der Waals surface area contributed by atoms with Crippen LogP contribution in [0, 0.1) is 17.7 Å². The predicted molar refractivity (Wildman–Crippen MR) is 105 cm³/mol. The van der Waals surface area contributed by atoms with Crippen molar-refractivity contribution >= 4 is 5.91 Å². The number of piperidine rings is 3. The normalized spacial score (nSPS) is 25.5. The molecule has 4 aliphatic rings. The molecule has 5 heterocycles. The van der Waals surface area contributed by atoms with Crippen LogP contribution in [-0.2, 0) is 30.5 Å². The van der Waals surface area contributed by atoms with Gasteiger partial charge >= 0.3 is 6.18 Å². The van der Waals surface area contributed by atoms with Crippen LogP contribution in [0.15, 0.2) is 24.3 Å². The Labute approximate surface area is 177 Å². The average Bonchev–Trinajstić information content (AvgIpc) is 3.14. The van der Waals surface area contributed by atoms with E-state index in [2.05, 4.69) is 10.00 Å². The largest absolute Gasteiger partial charge is 0.435 e. The molecule has 5 nitrogen and oxygen atoms in total. The van der Waals surface area contributed by atoms with Gasteiger partial charge in [-0.25, -0.2) is 4.39 Å². The number of aromatic nitrogens is 2. The number of alkyl halides is 3. The highest BCUT2D eigenvalue weighted by molar-refractivity contribution is 5.80. The highest BCUT2D eigenvalue weighted by Gasteiger charge is 2.43. The Kier molecular flexibility index (Phi) is 5.03. The van der Waals surface area contributed by atoms with Gasteiger partial charge in [-0.15, -0.1) is 0 Å². The van der Waals surface area contributed by atoms with Gasteiger partial charge in [0.05, 0.1) is 24.7 Å². The van der Waals surface area contributed by atoms with Crippen molar-refractivity contribution in [3.8, 4) is 0 Å². The first-order valence-electron chi connectivity index (χ1n) is 10.7. The van der Waals surface area contributed by atoms with Gasteiger partial charge in [-0.3, -0.25) is 9.48 Å². The first kappa shape index (κ1) is 20.5. The minimum atomic E-state index is -4.56. The molecule has 0 N–H and O–H groups in total. The highest BCUT2D eigenvalue weighted by atomic mass is 19.4. The Morgan fingerprint density at radius 1 is 1.10 bits per heavy atom. The minimum absolute atomic E-state index is 0.0446. The summed E-state index contributed by atoms with van der Waals surface area (Å²) >= 11 is 0. The summed E-state index contributed by atoms with van der Waals surface area (Å²) < 4.78 is 55.4. The van der Waals surface area contributed by atoms with E-state index in [-0.39, 0.29) is 43.4 Å². The minimum Gasteiger partial charge on any atom is -0.336 e. The lowest BCUT2D eigenvalue weighted by molar-refractivity contribution is -0.143. The number of rotatable bonds is 3. The van der Waals surface area contributed by atoms with Gasteiger partial charge in [0.25, 0.3) is 0 Å². The molecule has 9 heteroatoms. The van der Waals surface area contributed by atoms with E-state index in [1.807, 2.05) is 0 Å². The summed E-state index contributed by atoms with van der Waals surface area (Å²) in [5.74, 6) is -0.0620. The molecule has 3 saturated heterocycles. The fraction of sp³-hybridized carbons (Fsp3) is 0.545. The molecule has 6 rings (SSSR count). The number of halogens is 4. The second-order valence-electron chi connectivity index (χ2n) is 8.81. The number of fused-ring (bicyclic) bond motifs is 4. The maximum Gasteiger partial charge on any atom is 0.435 e. The lowest BCUT2D eigenvalue weighted by Crippen LogP contribution is -2.54. The molecule has 1 aromatic heterocycles. The molecule has 1 aromatic carbocycles. The van der Waals surface area contributed by atoms with Gasteiger partial charge in [0, 0.05) is 18.7 Å². The zero-order chi connectivity index (χ0) is 21.8. The fourth-order valence-electron chi connectivity index (χ4n) is 5.27. The zero-order valence-corrected chi connectivity index (χ0v) is 17.0. The standard InChI is InChI=1S/C22H24F4N4O/c23-16-3-1-14(2-4-16)11-30-19-13-29(10-7-17(19)20(27-30)22(24,25)26)21(31)18-12-28-8-5-15(18)6-9-28/h1-4,15,18H,5-13H2. The molecular formula is C22H24F4N4O. The maximum atomic E-state index is 13.6. The summed E-state index contributed by atoms with van der Waals surface area (Å²) in [5, 5.41) is 3.88. The SMILES string of the molecule is O=C(C1CN2CCC1CC2)N1CCc2c(C(F)(F)F)nn(Cc3ccc(F)cc3)c2C1. The molecule has 2 bridgehead atoms. The highest BCUT2D eigenvalue weighted by Crippen LogP contribution is 2.37. The molecule has 2 aromatic rings. The molecule has 3 fully saturated rings. The molecule has 1 atom stereocenters. The van der Waals surface area contributed by atoms with Crippen LogP contribution in [-0.4, -0.2) is 51.7 Å². The Hall–Kier alpha value is -2.42. The number of hydrogen-bond acceptors (Lipinski definition) is 3. The van der Waals surface area contributed by atoms with Crippen LogP contribution < -0.4 is 0 Å².